The molecule has 94 valence electrons. The molecule has 1 aromatic heterocycles. The van der Waals surface area contributed by atoms with Crippen molar-refractivity contribution in [2.45, 2.75) is 6.54 Å². The Bertz CT molecular complexity index is 535. The summed E-state index contributed by atoms with van der Waals surface area (Å²) < 4.78 is 10.0. The van der Waals surface area contributed by atoms with Gasteiger partial charge in [0.25, 0.3) is 5.91 Å². The Kier molecular flexibility index (Phi) is 3.52. The predicted molar refractivity (Wildman–Crippen MR) is 67.3 cm³/mol. The van der Waals surface area contributed by atoms with E-state index in [9.17, 15) is 4.79 Å². The molecule has 5 nitrogen and oxygen atoms in total. The molecule has 0 aliphatic heterocycles. The molecule has 0 unspecified atom stereocenters. The third-order valence-corrected chi connectivity index (χ3v) is 2.50. The summed E-state index contributed by atoms with van der Waals surface area (Å²) in [7, 11) is 1.50. The van der Waals surface area contributed by atoms with Gasteiger partial charge in [-0.15, -0.1) is 0 Å². The van der Waals surface area contributed by atoms with E-state index in [0.717, 1.165) is 5.56 Å². The second kappa shape index (κ2) is 5.27. The molecule has 2 rings (SSSR count). The summed E-state index contributed by atoms with van der Waals surface area (Å²) >= 11 is 0. The normalized spacial score (nSPS) is 10.1. The minimum absolute atomic E-state index is 0.215. The van der Waals surface area contributed by atoms with Crippen LogP contribution < -0.4 is 15.8 Å². The maximum atomic E-state index is 12.0. The van der Waals surface area contributed by atoms with Crippen molar-refractivity contribution >= 4 is 11.6 Å². The van der Waals surface area contributed by atoms with Gasteiger partial charge in [-0.1, -0.05) is 0 Å². The zero-order chi connectivity index (χ0) is 13.0. The third kappa shape index (κ3) is 2.63. The Labute approximate surface area is 105 Å². The number of hydrogen-bond donors (Lipinski definition) is 2. The standard InChI is InChI=1S/C13H14N2O3/c1-17-12-6-10(14)2-3-11(12)13(16)15-7-9-4-5-18-8-9/h2-6,8H,7,14H2,1H3,(H,15,16). The van der Waals surface area contributed by atoms with Crippen LogP contribution in [0.3, 0.4) is 0 Å². The molecular weight excluding hydrogens is 232 g/mol. The lowest BCUT2D eigenvalue weighted by molar-refractivity contribution is 0.0948. The van der Waals surface area contributed by atoms with E-state index >= 15 is 0 Å². The number of ether oxygens (including phenoxy) is 1. The molecule has 0 aliphatic rings. The first kappa shape index (κ1) is 12.0. The van der Waals surface area contributed by atoms with Crippen LogP contribution in [0.25, 0.3) is 0 Å². The van der Waals surface area contributed by atoms with E-state index in [0.29, 0.717) is 23.5 Å². The highest BCUT2D eigenvalue weighted by Crippen LogP contribution is 2.21. The number of benzene rings is 1. The minimum atomic E-state index is -0.215. The number of carbonyl (C=O) groups is 1. The molecule has 5 heteroatoms. The van der Waals surface area contributed by atoms with E-state index in [1.807, 2.05) is 0 Å². The second-order valence-electron chi connectivity index (χ2n) is 3.77. The number of nitrogen functional groups attached to an aromatic ring is 1. The molecule has 2 aromatic rings. The molecule has 0 bridgehead atoms. The number of nitrogens with two attached hydrogens (primary N) is 1. The number of anilines is 1. The van der Waals surface area contributed by atoms with Gasteiger partial charge in [0.1, 0.15) is 5.75 Å². The molecule has 0 saturated carbocycles. The largest absolute Gasteiger partial charge is 0.496 e. The van der Waals surface area contributed by atoms with Gasteiger partial charge in [0.2, 0.25) is 0 Å². The molecule has 0 saturated heterocycles. The van der Waals surface area contributed by atoms with Crippen molar-refractivity contribution in [2.75, 3.05) is 12.8 Å². The maximum Gasteiger partial charge on any atom is 0.255 e. The van der Waals surface area contributed by atoms with Crippen LogP contribution in [0.15, 0.2) is 41.2 Å². The molecule has 0 aliphatic carbocycles. The van der Waals surface area contributed by atoms with Crippen LogP contribution in [0.1, 0.15) is 15.9 Å². The number of carbonyl (C=O) groups excluding carboxylic acids is 1. The van der Waals surface area contributed by atoms with Crippen LogP contribution >= 0.6 is 0 Å². The molecule has 0 spiro atoms. The molecule has 3 N–H and O–H groups in total. The fraction of sp³-hybridized carbons (Fsp3) is 0.154. The number of hydrogen-bond acceptors (Lipinski definition) is 4. The predicted octanol–water partition coefficient (Wildman–Crippen LogP) is 1.80. The average molecular weight is 246 g/mol. The van der Waals surface area contributed by atoms with Gasteiger partial charge in [-0.05, 0) is 18.2 Å². The van der Waals surface area contributed by atoms with Crippen LogP contribution in [0.5, 0.6) is 5.75 Å². The van der Waals surface area contributed by atoms with E-state index < -0.39 is 0 Å². The second-order valence-corrected chi connectivity index (χ2v) is 3.77. The van der Waals surface area contributed by atoms with E-state index in [1.165, 1.54) is 7.11 Å². The van der Waals surface area contributed by atoms with Crippen molar-refractivity contribution < 1.29 is 13.9 Å². The van der Waals surface area contributed by atoms with Crippen LogP contribution in [-0.2, 0) is 6.54 Å². The van der Waals surface area contributed by atoms with Crippen LogP contribution in [0.4, 0.5) is 5.69 Å². The minimum Gasteiger partial charge on any atom is -0.496 e. The molecule has 0 fully saturated rings. The molecule has 18 heavy (non-hydrogen) atoms. The quantitative estimate of drug-likeness (QED) is 0.806. The van der Waals surface area contributed by atoms with Gasteiger partial charge < -0.3 is 20.2 Å². The molecule has 0 atom stereocenters. The van der Waals surface area contributed by atoms with Gasteiger partial charge in [0, 0.05) is 23.9 Å². The molecular formula is C13H14N2O3. The first-order valence-electron chi connectivity index (χ1n) is 5.43. The highest BCUT2D eigenvalue weighted by atomic mass is 16.5. The van der Waals surface area contributed by atoms with Crippen LogP contribution in [0.2, 0.25) is 0 Å². The van der Waals surface area contributed by atoms with E-state index in [1.54, 1.807) is 36.8 Å². The van der Waals surface area contributed by atoms with Gasteiger partial charge in [-0.25, -0.2) is 0 Å². The van der Waals surface area contributed by atoms with E-state index in [2.05, 4.69) is 5.32 Å². The highest BCUT2D eigenvalue weighted by Gasteiger charge is 2.12. The monoisotopic (exact) mass is 246 g/mol. The van der Waals surface area contributed by atoms with Gasteiger partial charge in [-0.3, -0.25) is 4.79 Å². The maximum absolute atomic E-state index is 12.0. The topological polar surface area (TPSA) is 77.5 Å². The summed E-state index contributed by atoms with van der Waals surface area (Å²) in [6.07, 6.45) is 3.14. The summed E-state index contributed by atoms with van der Waals surface area (Å²) in [6.45, 7) is 0.406. The molecule has 0 radical (unpaired) electrons. The fourth-order valence-corrected chi connectivity index (χ4v) is 1.57. The van der Waals surface area contributed by atoms with E-state index in [4.69, 9.17) is 14.9 Å². The lowest BCUT2D eigenvalue weighted by Crippen LogP contribution is -2.23. The van der Waals surface area contributed by atoms with Crippen molar-refractivity contribution in [3.63, 3.8) is 0 Å². The van der Waals surface area contributed by atoms with Crippen molar-refractivity contribution in [1.29, 1.82) is 0 Å². The van der Waals surface area contributed by atoms with Crippen LogP contribution in [-0.4, -0.2) is 13.0 Å². The van der Waals surface area contributed by atoms with Gasteiger partial charge in [-0.2, -0.15) is 0 Å². The third-order valence-electron chi connectivity index (χ3n) is 2.50. The zero-order valence-corrected chi connectivity index (χ0v) is 9.97. The first-order chi connectivity index (χ1) is 8.70. The molecule has 1 heterocycles. The lowest BCUT2D eigenvalue weighted by Gasteiger charge is -2.09. The first-order valence-corrected chi connectivity index (χ1v) is 5.43. The number of furan rings is 1. The number of amides is 1. The van der Waals surface area contributed by atoms with Crippen molar-refractivity contribution in [1.82, 2.24) is 5.32 Å². The van der Waals surface area contributed by atoms with Gasteiger partial charge in [0.15, 0.2) is 0 Å². The summed E-state index contributed by atoms with van der Waals surface area (Å²) in [6, 6.07) is 6.71. The Hall–Kier alpha value is -2.43. The van der Waals surface area contributed by atoms with Crippen molar-refractivity contribution in [3.05, 3.63) is 47.9 Å². The molecule has 1 aromatic carbocycles. The Morgan fingerprint density at radius 3 is 2.94 bits per heavy atom. The van der Waals surface area contributed by atoms with Crippen molar-refractivity contribution in [3.8, 4) is 5.75 Å². The SMILES string of the molecule is COc1cc(N)ccc1C(=O)NCc1ccoc1. The Morgan fingerprint density at radius 2 is 2.28 bits per heavy atom. The van der Waals surface area contributed by atoms with Gasteiger partial charge >= 0.3 is 0 Å². The average Bonchev–Trinajstić information content (AvgIpc) is 2.88. The van der Waals surface area contributed by atoms with Crippen molar-refractivity contribution in [2.24, 2.45) is 0 Å². The number of methoxy groups -OCH3 is 1. The number of rotatable bonds is 4. The summed E-state index contributed by atoms with van der Waals surface area (Å²) in [5.41, 5.74) is 7.54. The lowest BCUT2D eigenvalue weighted by atomic mass is 10.1. The Morgan fingerprint density at radius 1 is 1.44 bits per heavy atom. The summed E-state index contributed by atoms with van der Waals surface area (Å²) in [5.74, 6) is 0.243. The smallest absolute Gasteiger partial charge is 0.255 e. The molecule has 1 amide bonds. The highest BCUT2D eigenvalue weighted by molar-refractivity contribution is 5.97. The van der Waals surface area contributed by atoms with E-state index in [-0.39, 0.29) is 5.91 Å². The van der Waals surface area contributed by atoms with Crippen LogP contribution in [0, 0.1) is 0 Å². The fourth-order valence-electron chi connectivity index (χ4n) is 1.57. The Balaban J connectivity index is 2.09. The number of nitrogens with one attached hydrogen (secondary N) is 1. The van der Waals surface area contributed by atoms with Gasteiger partial charge in [0.05, 0.1) is 25.2 Å². The summed E-state index contributed by atoms with van der Waals surface area (Å²) in [4.78, 5) is 12.0. The zero-order valence-electron chi connectivity index (χ0n) is 9.97. The summed E-state index contributed by atoms with van der Waals surface area (Å²) in [5, 5.41) is 2.78.